The molecule has 0 atom stereocenters. The predicted octanol–water partition coefficient (Wildman–Crippen LogP) is 7.03. The lowest BCUT2D eigenvalue weighted by Crippen LogP contribution is -2.34. The lowest BCUT2D eigenvalue weighted by Gasteiger charge is -2.36. The normalized spacial score (nSPS) is 13.9. The molecule has 0 bridgehead atoms. The van der Waals surface area contributed by atoms with Gasteiger partial charge in [-0.1, -0.05) is 33.8 Å². The Kier molecular flexibility index (Phi) is 7.45. The van der Waals surface area contributed by atoms with Crippen molar-refractivity contribution >= 4 is 43.8 Å². The average molecular weight is 632 g/mol. The maximum Gasteiger partial charge on any atom is 0.340 e. The Morgan fingerprint density at radius 2 is 1.35 bits per heavy atom. The van der Waals surface area contributed by atoms with E-state index in [1.165, 1.54) is 12.1 Å². The molecule has 4 rings (SSSR count). The van der Waals surface area contributed by atoms with Crippen LogP contribution in [0.2, 0.25) is 0 Å². The molecule has 0 aromatic heterocycles. The van der Waals surface area contributed by atoms with Crippen molar-refractivity contribution in [1.29, 1.82) is 0 Å². The second-order valence-corrected chi connectivity index (χ2v) is 10.6. The second kappa shape index (κ2) is 10.1. The van der Waals surface area contributed by atoms with Crippen molar-refractivity contribution in [2.45, 2.75) is 59.0 Å². The summed E-state index contributed by atoms with van der Waals surface area (Å²) in [6.07, 6.45) is 1.90. The molecule has 0 spiro atoms. The van der Waals surface area contributed by atoms with Crippen LogP contribution in [0.15, 0.2) is 39.3 Å². The number of carbonyl (C=O) groups is 2. The van der Waals surface area contributed by atoms with E-state index in [2.05, 4.69) is 31.9 Å². The number of cyclic esters (lactones) is 1. The molecule has 3 aromatic carbocycles. The van der Waals surface area contributed by atoms with E-state index < -0.39 is 17.5 Å². The summed E-state index contributed by atoms with van der Waals surface area (Å²) in [4.78, 5) is 26.0. The number of phenolic OH excluding ortho intramolecular Hbond substituents is 2. The Bertz CT molecular complexity index is 1380. The van der Waals surface area contributed by atoms with Gasteiger partial charge in [-0.05, 0) is 92.9 Å². The van der Waals surface area contributed by atoms with Crippen LogP contribution >= 0.6 is 31.9 Å². The molecular formula is C29H28Br2O6. The van der Waals surface area contributed by atoms with Crippen molar-refractivity contribution in [1.82, 2.24) is 0 Å². The molecule has 0 saturated heterocycles. The molecular weight excluding hydrogens is 604 g/mol. The summed E-state index contributed by atoms with van der Waals surface area (Å²) in [5, 5.41) is 32.8. The Hall–Kier alpha value is -2.84. The maximum atomic E-state index is 13.5. The largest absolute Gasteiger partial charge is 0.506 e. The van der Waals surface area contributed by atoms with E-state index in [4.69, 9.17) is 4.74 Å². The fraction of sp³-hybridized carbons (Fsp3) is 0.310. The van der Waals surface area contributed by atoms with E-state index in [-0.39, 0.29) is 28.2 Å². The number of carboxylic acids is 1. The number of benzene rings is 3. The van der Waals surface area contributed by atoms with Crippen molar-refractivity contribution in [2.24, 2.45) is 0 Å². The smallest absolute Gasteiger partial charge is 0.340 e. The summed E-state index contributed by atoms with van der Waals surface area (Å²) in [5.74, 6) is -1.83. The maximum absolute atomic E-state index is 13.5. The molecule has 0 fully saturated rings. The van der Waals surface area contributed by atoms with Crippen LogP contribution < -0.4 is 0 Å². The molecule has 0 unspecified atom stereocenters. The van der Waals surface area contributed by atoms with E-state index in [9.17, 15) is 24.9 Å². The molecule has 6 nitrogen and oxygen atoms in total. The third-order valence-electron chi connectivity index (χ3n) is 7.18. The van der Waals surface area contributed by atoms with Crippen LogP contribution in [-0.2, 0) is 36.0 Å². The zero-order chi connectivity index (χ0) is 27.2. The summed E-state index contributed by atoms with van der Waals surface area (Å²) in [7, 11) is 0. The summed E-state index contributed by atoms with van der Waals surface area (Å²) in [5.41, 5.74) is 2.11. The molecule has 8 heteroatoms. The topological polar surface area (TPSA) is 104 Å². The van der Waals surface area contributed by atoms with E-state index in [0.29, 0.717) is 56.9 Å². The minimum absolute atomic E-state index is 0.0172. The Labute approximate surface area is 232 Å². The highest BCUT2D eigenvalue weighted by molar-refractivity contribution is 9.11. The first-order valence-corrected chi connectivity index (χ1v) is 13.8. The van der Waals surface area contributed by atoms with Gasteiger partial charge in [-0.15, -0.1) is 0 Å². The fourth-order valence-electron chi connectivity index (χ4n) is 5.38. The molecule has 0 amide bonds. The van der Waals surface area contributed by atoms with Gasteiger partial charge >= 0.3 is 11.9 Å². The number of hydrogen-bond acceptors (Lipinski definition) is 5. The number of carbonyl (C=O) groups excluding carboxylic acids is 1. The van der Waals surface area contributed by atoms with Crippen molar-refractivity contribution < 1.29 is 29.6 Å². The molecule has 3 N–H and O–H groups in total. The number of carboxylic acid groups (broad SMARTS) is 1. The van der Waals surface area contributed by atoms with E-state index in [1.807, 2.05) is 39.8 Å². The average Bonchev–Trinajstić information content (AvgIpc) is 3.19. The summed E-state index contributed by atoms with van der Waals surface area (Å²) < 4.78 is 7.39. The van der Waals surface area contributed by atoms with Crippen molar-refractivity contribution in [3.8, 4) is 11.5 Å². The van der Waals surface area contributed by atoms with E-state index in [0.717, 1.165) is 11.1 Å². The standard InChI is InChI=1S/C29H28Br2O6/c1-5-14-12-20(16(7-3)25(32)23(14)30)29(21-13-15(6-2)24(31)26(33)17(21)8-4)22-18(27(34)35)10-9-11-19(22)28(36)37-29/h9-13,32-33H,5-8H2,1-4H3,(H,34,35). The number of aromatic hydroxyl groups is 2. The second-order valence-electron chi connectivity index (χ2n) is 8.97. The third-order valence-corrected chi connectivity index (χ3v) is 8.95. The molecule has 3 aromatic rings. The van der Waals surface area contributed by atoms with Gasteiger partial charge in [-0.25, -0.2) is 9.59 Å². The number of aromatic carboxylic acids is 1. The molecule has 0 saturated carbocycles. The lowest BCUT2D eigenvalue weighted by molar-refractivity contribution is 0.0239. The summed E-state index contributed by atoms with van der Waals surface area (Å²) in [6.45, 7) is 7.64. The van der Waals surface area contributed by atoms with Gasteiger partial charge in [-0.3, -0.25) is 0 Å². The lowest BCUT2D eigenvalue weighted by atomic mass is 9.72. The Balaban J connectivity index is 2.33. The van der Waals surface area contributed by atoms with Crippen LogP contribution in [0.3, 0.4) is 0 Å². The van der Waals surface area contributed by atoms with Crippen molar-refractivity contribution in [2.75, 3.05) is 0 Å². The van der Waals surface area contributed by atoms with Crippen LogP contribution in [0.1, 0.15) is 87.4 Å². The number of fused-ring (bicyclic) bond motifs is 1. The van der Waals surface area contributed by atoms with Crippen LogP contribution in [0.25, 0.3) is 0 Å². The number of aryl methyl sites for hydroxylation is 2. The SMILES string of the molecule is CCc1cc(C2(c3cc(CC)c(Br)c(O)c3CC)OC(=O)c3cccc(C(=O)O)c32)c(CC)c(O)c1Br. The molecule has 0 aliphatic carbocycles. The Morgan fingerprint density at radius 1 is 0.865 bits per heavy atom. The van der Waals surface area contributed by atoms with Crippen LogP contribution in [0.5, 0.6) is 11.5 Å². The Morgan fingerprint density at radius 3 is 1.76 bits per heavy atom. The first-order chi connectivity index (χ1) is 17.6. The van der Waals surface area contributed by atoms with Crippen LogP contribution in [0.4, 0.5) is 0 Å². The molecule has 0 radical (unpaired) electrons. The first-order valence-electron chi connectivity index (χ1n) is 12.3. The van der Waals surface area contributed by atoms with Crippen molar-refractivity contribution in [3.63, 3.8) is 0 Å². The number of hydrogen-bond donors (Lipinski definition) is 3. The monoisotopic (exact) mass is 630 g/mol. The van der Waals surface area contributed by atoms with Gasteiger partial charge in [0.05, 0.1) is 20.1 Å². The van der Waals surface area contributed by atoms with Crippen LogP contribution in [0, 0.1) is 0 Å². The zero-order valence-electron chi connectivity index (χ0n) is 21.0. The predicted molar refractivity (Wildman–Crippen MR) is 148 cm³/mol. The highest BCUT2D eigenvalue weighted by Crippen LogP contribution is 2.54. The third kappa shape index (κ3) is 3.96. The quantitative estimate of drug-likeness (QED) is 0.242. The fourth-order valence-corrected chi connectivity index (χ4v) is 6.65. The number of ether oxygens (including phenoxy) is 1. The number of rotatable bonds is 7. The van der Waals surface area contributed by atoms with Gasteiger partial charge in [0.15, 0.2) is 5.60 Å². The number of esters is 1. The van der Waals surface area contributed by atoms with E-state index >= 15 is 0 Å². The number of halogens is 2. The minimum Gasteiger partial charge on any atom is -0.506 e. The highest BCUT2D eigenvalue weighted by Gasteiger charge is 2.53. The molecule has 37 heavy (non-hydrogen) atoms. The highest BCUT2D eigenvalue weighted by atomic mass is 79.9. The first kappa shape index (κ1) is 27.2. The van der Waals surface area contributed by atoms with E-state index in [1.54, 1.807) is 6.07 Å². The molecule has 1 heterocycles. The number of phenols is 2. The molecule has 194 valence electrons. The zero-order valence-corrected chi connectivity index (χ0v) is 24.2. The van der Waals surface area contributed by atoms with Gasteiger partial charge in [0.25, 0.3) is 0 Å². The molecule has 1 aliphatic rings. The van der Waals surface area contributed by atoms with Crippen molar-refractivity contribution in [3.05, 3.63) is 89.3 Å². The minimum atomic E-state index is -1.71. The molecule has 1 aliphatic heterocycles. The van der Waals surface area contributed by atoms with Gasteiger partial charge in [-0.2, -0.15) is 0 Å². The van der Waals surface area contributed by atoms with Gasteiger partial charge < -0.3 is 20.1 Å². The van der Waals surface area contributed by atoms with Gasteiger partial charge in [0.2, 0.25) is 0 Å². The van der Waals surface area contributed by atoms with Gasteiger partial charge in [0, 0.05) is 27.8 Å². The summed E-state index contributed by atoms with van der Waals surface area (Å²) >= 11 is 7.01. The van der Waals surface area contributed by atoms with Crippen LogP contribution in [-0.4, -0.2) is 27.3 Å². The summed E-state index contributed by atoms with van der Waals surface area (Å²) in [6, 6.07) is 8.27. The van der Waals surface area contributed by atoms with Gasteiger partial charge in [0.1, 0.15) is 11.5 Å².